The number of aromatic nitrogens is 3. The molecule has 1 saturated heterocycles. The van der Waals surface area contributed by atoms with Gasteiger partial charge in [0, 0.05) is 43.5 Å². The van der Waals surface area contributed by atoms with E-state index >= 15 is 0 Å². The number of ether oxygens (including phenoxy) is 2. The Hall–Kier alpha value is -2.38. The summed E-state index contributed by atoms with van der Waals surface area (Å²) in [6, 6.07) is 5.89. The topological polar surface area (TPSA) is 61.5 Å². The summed E-state index contributed by atoms with van der Waals surface area (Å²) in [6.45, 7) is 6.68. The molecule has 7 nitrogen and oxygen atoms in total. The van der Waals surface area contributed by atoms with Gasteiger partial charge in [-0.05, 0) is 19.1 Å². The Kier molecular flexibility index (Phi) is 4.42. The minimum atomic E-state index is -0.0449. The van der Waals surface area contributed by atoms with Crippen molar-refractivity contribution in [1.29, 1.82) is 0 Å². The van der Waals surface area contributed by atoms with Crippen LogP contribution in [0.15, 0.2) is 23.0 Å². The third-order valence-corrected chi connectivity index (χ3v) is 5.21. The molecule has 3 aromatic rings. The molecule has 0 bridgehead atoms. The Labute approximate surface area is 151 Å². The van der Waals surface area contributed by atoms with Gasteiger partial charge in [-0.3, -0.25) is 9.69 Å². The molecule has 0 amide bonds. The number of hydrogen-bond donors (Lipinski definition) is 0. The van der Waals surface area contributed by atoms with Crippen LogP contribution in [0.25, 0.3) is 21.8 Å². The van der Waals surface area contributed by atoms with Gasteiger partial charge in [-0.2, -0.15) is 5.10 Å². The van der Waals surface area contributed by atoms with Gasteiger partial charge in [0.15, 0.2) is 0 Å². The molecule has 1 aliphatic rings. The van der Waals surface area contributed by atoms with Crippen LogP contribution in [-0.2, 0) is 18.3 Å². The normalized spacial score (nSPS) is 15.8. The van der Waals surface area contributed by atoms with Gasteiger partial charge >= 0.3 is 0 Å². The van der Waals surface area contributed by atoms with Crippen LogP contribution >= 0.6 is 0 Å². The highest BCUT2D eigenvalue weighted by Crippen LogP contribution is 2.30. The molecule has 0 radical (unpaired) electrons. The summed E-state index contributed by atoms with van der Waals surface area (Å²) >= 11 is 0. The lowest BCUT2D eigenvalue weighted by molar-refractivity contribution is 0.0358. The summed E-state index contributed by atoms with van der Waals surface area (Å²) in [5.74, 6) is 0.779. The van der Waals surface area contributed by atoms with Crippen LogP contribution in [0.2, 0.25) is 0 Å². The first kappa shape index (κ1) is 17.1. The fourth-order valence-electron chi connectivity index (χ4n) is 3.77. The van der Waals surface area contributed by atoms with Gasteiger partial charge in [0.1, 0.15) is 11.3 Å². The van der Waals surface area contributed by atoms with Crippen LogP contribution in [-0.4, -0.2) is 59.2 Å². The first-order valence-corrected chi connectivity index (χ1v) is 8.94. The highest BCUT2D eigenvalue weighted by atomic mass is 16.5. The van der Waals surface area contributed by atoms with Crippen LogP contribution in [0.4, 0.5) is 0 Å². The molecule has 2 aromatic heterocycles. The van der Waals surface area contributed by atoms with Crippen molar-refractivity contribution in [2.45, 2.75) is 13.5 Å². The van der Waals surface area contributed by atoms with E-state index in [2.05, 4.69) is 10.00 Å². The van der Waals surface area contributed by atoms with E-state index in [1.165, 1.54) is 0 Å². The highest BCUT2D eigenvalue weighted by molar-refractivity contribution is 6.09. The molecule has 26 heavy (non-hydrogen) atoms. The van der Waals surface area contributed by atoms with Gasteiger partial charge in [0.05, 0.1) is 38.1 Å². The Bertz CT molecular complexity index is 1020. The molecule has 0 atom stereocenters. The summed E-state index contributed by atoms with van der Waals surface area (Å²) in [6.07, 6.45) is 0. The van der Waals surface area contributed by atoms with Crippen LogP contribution in [0.3, 0.4) is 0 Å². The maximum absolute atomic E-state index is 13.1. The van der Waals surface area contributed by atoms with Gasteiger partial charge < -0.3 is 14.0 Å². The average Bonchev–Trinajstić information content (AvgIpc) is 2.97. The van der Waals surface area contributed by atoms with Crippen molar-refractivity contribution >= 4 is 21.8 Å². The van der Waals surface area contributed by atoms with Crippen molar-refractivity contribution in [3.63, 3.8) is 0 Å². The van der Waals surface area contributed by atoms with Gasteiger partial charge in [-0.15, -0.1) is 0 Å². The predicted molar refractivity (Wildman–Crippen MR) is 101 cm³/mol. The van der Waals surface area contributed by atoms with E-state index in [1.54, 1.807) is 11.8 Å². The Morgan fingerprint density at radius 3 is 2.73 bits per heavy atom. The van der Waals surface area contributed by atoms with Crippen molar-refractivity contribution in [2.75, 3.05) is 40.0 Å². The molecule has 0 unspecified atom stereocenters. The van der Waals surface area contributed by atoms with Crippen LogP contribution in [0.1, 0.15) is 5.69 Å². The van der Waals surface area contributed by atoms with E-state index in [9.17, 15) is 4.79 Å². The van der Waals surface area contributed by atoms with Crippen molar-refractivity contribution in [3.8, 4) is 5.75 Å². The molecule has 138 valence electrons. The number of morpholine rings is 1. The predicted octanol–water partition coefficient (Wildman–Crippen LogP) is 1.54. The molecule has 1 fully saturated rings. The van der Waals surface area contributed by atoms with Gasteiger partial charge in [-0.1, -0.05) is 0 Å². The third kappa shape index (κ3) is 2.77. The molecule has 3 heterocycles. The number of nitrogens with zero attached hydrogens (tertiary/aromatic N) is 4. The fourth-order valence-corrected chi connectivity index (χ4v) is 3.77. The molecular formula is C19H24N4O3. The smallest absolute Gasteiger partial charge is 0.291 e. The maximum Gasteiger partial charge on any atom is 0.291 e. The van der Waals surface area contributed by atoms with E-state index in [-0.39, 0.29) is 5.56 Å². The third-order valence-electron chi connectivity index (χ3n) is 5.21. The van der Waals surface area contributed by atoms with E-state index in [4.69, 9.17) is 9.47 Å². The second-order valence-electron chi connectivity index (χ2n) is 6.73. The number of benzene rings is 1. The summed E-state index contributed by atoms with van der Waals surface area (Å²) in [5, 5.41) is 6.55. The van der Waals surface area contributed by atoms with Crippen molar-refractivity contribution in [1.82, 2.24) is 19.2 Å². The first-order chi connectivity index (χ1) is 12.6. The SMILES string of the molecule is COc1ccc2c3c(C)nn(CCN4CCOCC4)c(=O)c3n(C)c2c1. The number of fused-ring (bicyclic) bond motifs is 3. The molecule has 1 aromatic carbocycles. The molecule has 0 saturated carbocycles. The molecule has 0 aliphatic carbocycles. The second-order valence-corrected chi connectivity index (χ2v) is 6.73. The van der Waals surface area contributed by atoms with Gasteiger partial charge in [0.2, 0.25) is 0 Å². The minimum absolute atomic E-state index is 0.0449. The maximum atomic E-state index is 13.1. The number of aryl methyl sites for hydroxylation is 2. The van der Waals surface area contributed by atoms with Crippen molar-refractivity contribution < 1.29 is 9.47 Å². The first-order valence-electron chi connectivity index (χ1n) is 8.94. The van der Waals surface area contributed by atoms with E-state index < -0.39 is 0 Å². The fraction of sp³-hybridized carbons (Fsp3) is 0.474. The Balaban J connectivity index is 1.79. The highest BCUT2D eigenvalue weighted by Gasteiger charge is 2.18. The van der Waals surface area contributed by atoms with Crippen LogP contribution < -0.4 is 10.3 Å². The van der Waals surface area contributed by atoms with E-state index in [0.717, 1.165) is 60.6 Å². The minimum Gasteiger partial charge on any atom is -0.497 e. The molecular weight excluding hydrogens is 332 g/mol. The summed E-state index contributed by atoms with van der Waals surface area (Å²) in [5.41, 5.74) is 2.50. The Morgan fingerprint density at radius 2 is 2.00 bits per heavy atom. The molecule has 1 aliphatic heterocycles. The summed E-state index contributed by atoms with van der Waals surface area (Å²) in [4.78, 5) is 15.4. The Morgan fingerprint density at radius 1 is 1.23 bits per heavy atom. The molecule has 7 heteroatoms. The van der Waals surface area contributed by atoms with E-state index in [1.807, 2.05) is 36.7 Å². The van der Waals surface area contributed by atoms with Crippen LogP contribution in [0.5, 0.6) is 5.75 Å². The van der Waals surface area contributed by atoms with Crippen LogP contribution in [0, 0.1) is 6.92 Å². The van der Waals surface area contributed by atoms with Crippen molar-refractivity contribution in [2.24, 2.45) is 7.05 Å². The summed E-state index contributed by atoms with van der Waals surface area (Å²) < 4.78 is 14.3. The number of methoxy groups -OCH3 is 1. The zero-order chi connectivity index (χ0) is 18.3. The monoisotopic (exact) mass is 356 g/mol. The molecule has 0 spiro atoms. The zero-order valence-corrected chi connectivity index (χ0v) is 15.5. The van der Waals surface area contributed by atoms with Gasteiger partial charge in [-0.25, -0.2) is 4.68 Å². The quantitative estimate of drug-likeness (QED) is 0.710. The average molecular weight is 356 g/mol. The van der Waals surface area contributed by atoms with Gasteiger partial charge in [0.25, 0.3) is 5.56 Å². The molecule has 4 rings (SSSR count). The number of hydrogen-bond acceptors (Lipinski definition) is 5. The second kappa shape index (κ2) is 6.74. The lowest BCUT2D eigenvalue weighted by atomic mass is 10.1. The summed E-state index contributed by atoms with van der Waals surface area (Å²) in [7, 11) is 3.58. The zero-order valence-electron chi connectivity index (χ0n) is 15.5. The van der Waals surface area contributed by atoms with E-state index in [0.29, 0.717) is 12.1 Å². The lowest BCUT2D eigenvalue weighted by Gasteiger charge is -2.26. The standard InChI is InChI=1S/C19H24N4O3/c1-13-17-15-5-4-14(25-3)12-16(15)21(2)18(17)19(24)23(20-13)7-6-22-8-10-26-11-9-22/h4-5,12H,6-11H2,1-3H3. The van der Waals surface area contributed by atoms with Crippen molar-refractivity contribution in [3.05, 3.63) is 34.2 Å². The lowest BCUT2D eigenvalue weighted by Crippen LogP contribution is -2.39. The largest absolute Gasteiger partial charge is 0.497 e. The molecule has 0 N–H and O–H groups in total. The number of rotatable bonds is 4.